The van der Waals surface area contributed by atoms with Gasteiger partial charge in [0.15, 0.2) is 0 Å². The summed E-state index contributed by atoms with van der Waals surface area (Å²) < 4.78 is 1.59. The molecule has 1 N–H and O–H groups in total. The highest BCUT2D eigenvalue weighted by atomic mass is 16.1. The highest BCUT2D eigenvalue weighted by Crippen LogP contribution is 2.15. The van der Waals surface area contributed by atoms with E-state index in [9.17, 15) is 4.79 Å². The summed E-state index contributed by atoms with van der Waals surface area (Å²) in [6, 6.07) is 5.88. The molecule has 136 valence electrons. The number of nitrogens with one attached hydrogen (secondary N) is 1. The highest BCUT2D eigenvalue weighted by molar-refractivity contribution is 5.94. The average molecular weight is 344 g/mol. The molecule has 0 spiro atoms. The summed E-state index contributed by atoms with van der Waals surface area (Å²) in [5.74, 6) is 0.424. The molecule has 0 aliphatic heterocycles. The van der Waals surface area contributed by atoms with E-state index in [1.165, 1.54) is 0 Å². The van der Waals surface area contributed by atoms with Gasteiger partial charge < -0.3 is 5.32 Å². The number of aryl methyl sites for hydroxylation is 1. The molecule has 0 radical (unpaired) electrons. The number of benzene rings is 1. The van der Waals surface area contributed by atoms with Crippen LogP contribution in [-0.2, 0) is 0 Å². The van der Waals surface area contributed by atoms with E-state index in [0.717, 1.165) is 24.3 Å². The first-order chi connectivity index (χ1) is 12.0. The summed E-state index contributed by atoms with van der Waals surface area (Å²) in [6.45, 7) is 13.3. The lowest BCUT2D eigenvalue weighted by atomic mass is 10.0. The van der Waals surface area contributed by atoms with Crippen LogP contribution in [0.3, 0.4) is 0 Å². The van der Waals surface area contributed by atoms with Crippen LogP contribution < -0.4 is 5.32 Å². The Morgan fingerprint density at radius 1 is 1.28 bits per heavy atom. The van der Waals surface area contributed by atoms with Crippen molar-refractivity contribution in [1.29, 1.82) is 0 Å². The van der Waals surface area contributed by atoms with Crippen LogP contribution in [0, 0.1) is 12.8 Å². The lowest BCUT2D eigenvalue weighted by Gasteiger charge is -2.32. The van der Waals surface area contributed by atoms with Crippen molar-refractivity contribution < 1.29 is 4.79 Å². The Bertz CT molecular complexity index is 679. The molecule has 0 unspecified atom stereocenters. The number of hydrogen-bond acceptors (Lipinski definition) is 5. The van der Waals surface area contributed by atoms with Gasteiger partial charge in [0.2, 0.25) is 0 Å². The minimum absolute atomic E-state index is 0.0517. The fraction of sp³-hybridized carbons (Fsp3) is 0.556. The number of carbonyl (C=O) groups excluding carboxylic acids is 1. The fourth-order valence-electron chi connectivity index (χ4n) is 3.10. The van der Waals surface area contributed by atoms with Crippen molar-refractivity contribution in [3.05, 3.63) is 35.7 Å². The molecule has 1 atom stereocenters. The number of rotatable bonds is 8. The average Bonchev–Trinajstić information content (AvgIpc) is 3.12. The Morgan fingerprint density at radius 3 is 2.52 bits per heavy atom. The monoisotopic (exact) mass is 344 g/mol. The van der Waals surface area contributed by atoms with Crippen LogP contribution in [-0.4, -0.2) is 56.7 Å². The molecule has 25 heavy (non-hydrogen) atoms. The number of amides is 1. The van der Waals surface area contributed by atoms with Crippen LogP contribution >= 0.6 is 0 Å². The Morgan fingerprint density at radius 2 is 2.00 bits per heavy atom. The number of nitrogens with zero attached hydrogens (tertiary/aromatic N) is 5. The predicted octanol–water partition coefficient (Wildman–Crippen LogP) is 2.07. The smallest absolute Gasteiger partial charge is 0.251 e. The summed E-state index contributed by atoms with van der Waals surface area (Å²) in [5.41, 5.74) is 2.46. The van der Waals surface area contributed by atoms with Gasteiger partial charge in [-0.2, -0.15) is 0 Å². The SMILES string of the molecule is CCN(CC)[C@H](CNC(=O)c1ccc(-n2cnnn2)c(C)c1)C(C)C. The molecular weight excluding hydrogens is 316 g/mol. The van der Waals surface area contributed by atoms with Gasteiger partial charge >= 0.3 is 0 Å². The number of tetrazole rings is 1. The molecular formula is C18H28N6O. The fourth-order valence-corrected chi connectivity index (χ4v) is 3.10. The van der Waals surface area contributed by atoms with Crippen LogP contribution in [0.15, 0.2) is 24.5 Å². The molecule has 1 amide bonds. The van der Waals surface area contributed by atoms with Crippen LogP contribution in [0.25, 0.3) is 5.69 Å². The summed E-state index contributed by atoms with van der Waals surface area (Å²) in [5, 5.41) is 14.3. The molecule has 1 heterocycles. The van der Waals surface area contributed by atoms with E-state index < -0.39 is 0 Å². The maximum atomic E-state index is 12.5. The molecule has 0 saturated heterocycles. The minimum atomic E-state index is -0.0517. The lowest BCUT2D eigenvalue weighted by molar-refractivity contribution is 0.0921. The van der Waals surface area contributed by atoms with Crippen LogP contribution in [0.2, 0.25) is 0 Å². The molecule has 0 aliphatic rings. The van der Waals surface area contributed by atoms with Crippen molar-refractivity contribution in [3.63, 3.8) is 0 Å². The van der Waals surface area contributed by atoms with Gasteiger partial charge in [-0.1, -0.05) is 27.7 Å². The second-order valence-electron chi connectivity index (χ2n) is 6.50. The zero-order valence-electron chi connectivity index (χ0n) is 15.7. The first kappa shape index (κ1) is 19.1. The Labute approximate surface area is 149 Å². The van der Waals surface area contributed by atoms with E-state index in [1.54, 1.807) is 17.1 Å². The van der Waals surface area contributed by atoms with Gasteiger partial charge in [0.25, 0.3) is 5.91 Å². The van der Waals surface area contributed by atoms with Crippen LogP contribution in [0.1, 0.15) is 43.6 Å². The van der Waals surface area contributed by atoms with E-state index in [4.69, 9.17) is 0 Å². The summed E-state index contributed by atoms with van der Waals surface area (Å²) in [6.07, 6.45) is 1.54. The second-order valence-corrected chi connectivity index (χ2v) is 6.50. The van der Waals surface area contributed by atoms with Gasteiger partial charge in [-0.3, -0.25) is 9.69 Å². The predicted molar refractivity (Wildman–Crippen MR) is 97.8 cm³/mol. The van der Waals surface area contributed by atoms with E-state index in [-0.39, 0.29) is 5.91 Å². The van der Waals surface area contributed by atoms with Gasteiger partial charge in [-0.15, -0.1) is 5.10 Å². The maximum absolute atomic E-state index is 12.5. The van der Waals surface area contributed by atoms with Crippen molar-refractivity contribution in [2.24, 2.45) is 5.92 Å². The third-order valence-corrected chi connectivity index (χ3v) is 4.58. The van der Waals surface area contributed by atoms with E-state index >= 15 is 0 Å². The largest absolute Gasteiger partial charge is 0.350 e. The van der Waals surface area contributed by atoms with E-state index in [2.05, 4.69) is 53.4 Å². The number of likely N-dealkylation sites (N-methyl/N-ethyl adjacent to an activating group) is 1. The molecule has 0 fully saturated rings. The van der Waals surface area contributed by atoms with E-state index in [0.29, 0.717) is 24.1 Å². The van der Waals surface area contributed by atoms with Gasteiger partial charge in [0.05, 0.1) is 5.69 Å². The first-order valence-corrected chi connectivity index (χ1v) is 8.84. The van der Waals surface area contributed by atoms with Gasteiger partial charge in [0.1, 0.15) is 6.33 Å². The number of carbonyl (C=O) groups is 1. The standard InChI is InChI=1S/C18H28N6O/c1-6-23(7-2)17(13(3)4)11-19-18(25)15-8-9-16(14(5)10-15)24-12-20-21-22-24/h8-10,12-13,17H,6-7,11H2,1-5H3,(H,19,25)/t17-/m1/s1. The van der Waals surface area contributed by atoms with Crippen LogP contribution in [0.5, 0.6) is 0 Å². The highest BCUT2D eigenvalue weighted by Gasteiger charge is 2.20. The van der Waals surface area contributed by atoms with Crippen molar-refractivity contribution in [3.8, 4) is 5.69 Å². The third-order valence-electron chi connectivity index (χ3n) is 4.58. The van der Waals surface area contributed by atoms with Crippen LogP contribution in [0.4, 0.5) is 0 Å². The summed E-state index contributed by atoms with van der Waals surface area (Å²) >= 11 is 0. The van der Waals surface area contributed by atoms with Gasteiger partial charge in [-0.05, 0) is 60.1 Å². The topological polar surface area (TPSA) is 75.9 Å². The molecule has 0 bridgehead atoms. The molecule has 0 saturated carbocycles. The number of hydrogen-bond donors (Lipinski definition) is 1. The molecule has 7 nitrogen and oxygen atoms in total. The molecule has 2 rings (SSSR count). The molecule has 1 aromatic carbocycles. The second kappa shape index (κ2) is 8.71. The number of aromatic nitrogens is 4. The zero-order chi connectivity index (χ0) is 18.4. The zero-order valence-corrected chi connectivity index (χ0v) is 15.7. The molecule has 0 aliphatic carbocycles. The van der Waals surface area contributed by atoms with Crippen molar-refractivity contribution >= 4 is 5.91 Å². The normalized spacial score (nSPS) is 12.6. The van der Waals surface area contributed by atoms with Gasteiger partial charge in [-0.25, -0.2) is 4.68 Å². The lowest BCUT2D eigenvalue weighted by Crippen LogP contribution is -2.46. The van der Waals surface area contributed by atoms with Crippen molar-refractivity contribution in [2.45, 2.75) is 40.7 Å². The summed E-state index contributed by atoms with van der Waals surface area (Å²) in [7, 11) is 0. The third kappa shape index (κ3) is 4.63. The Balaban J connectivity index is 2.06. The Hall–Kier alpha value is -2.28. The molecule has 2 aromatic rings. The van der Waals surface area contributed by atoms with Gasteiger partial charge in [0, 0.05) is 18.2 Å². The van der Waals surface area contributed by atoms with Crippen molar-refractivity contribution in [2.75, 3.05) is 19.6 Å². The minimum Gasteiger partial charge on any atom is -0.350 e. The van der Waals surface area contributed by atoms with E-state index in [1.807, 2.05) is 19.1 Å². The first-order valence-electron chi connectivity index (χ1n) is 8.84. The van der Waals surface area contributed by atoms with Crippen molar-refractivity contribution in [1.82, 2.24) is 30.4 Å². The molecule has 7 heteroatoms. The molecule has 1 aromatic heterocycles. The maximum Gasteiger partial charge on any atom is 0.251 e. The summed E-state index contributed by atoms with van der Waals surface area (Å²) in [4.78, 5) is 14.9. The Kier molecular flexibility index (Phi) is 6.64. The quantitative estimate of drug-likeness (QED) is 0.793.